The van der Waals surface area contributed by atoms with E-state index in [1.54, 1.807) is 0 Å². The molecule has 0 aliphatic carbocycles. The summed E-state index contributed by atoms with van der Waals surface area (Å²) in [5.41, 5.74) is 3.99. The first-order chi connectivity index (χ1) is 16.6. The summed E-state index contributed by atoms with van der Waals surface area (Å²) in [6, 6.07) is 7.88. The van der Waals surface area contributed by atoms with Crippen LogP contribution in [0.15, 0.2) is 59.4 Å². The highest BCUT2D eigenvalue weighted by atomic mass is 16.2. The van der Waals surface area contributed by atoms with Gasteiger partial charge in [-0.1, -0.05) is 19.1 Å². The van der Waals surface area contributed by atoms with Crippen LogP contribution in [0.4, 0.5) is 23.1 Å². The van der Waals surface area contributed by atoms with E-state index in [0.29, 0.717) is 18.3 Å². The van der Waals surface area contributed by atoms with E-state index in [1.807, 2.05) is 42.4 Å². The molecular formula is C26H31N7O. The van der Waals surface area contributed by atoms with Gasteiger partial charge in [0.05, 0.1) is 5.70 Å². The number of carbonyl (C=O) groups is 1. The molecule has 8 nitrogen and oxygen atoms in total. The average molecular weight is 458 g/mol. The molecule has 1 atom stereocenters. The maximum absolute atomic E-state index is 12.0. The standard InChI is InChI=1S/C26H31N7O/c1-18-13-15-33(23-7-4-3-6-20(29-23)16-27-2)25-22(18)17-28-26(31-25)30-19-9-11-21(12-10-19)32-14-5-8-24(32)34/h4,6-7,9-12,17-18,27H,3,5,8,13-16H2,1-2H3,(H,28,30,31). The molecule has 1 aromatic heterocycles. The Bertz CT molecular complexity index is 1150. The summed E-state index contributed by atoms with van der Waals surface area (Å²) in [5.74, 6) is 2.95. The van der Waals surface area contributed by atoms with E-state index < -0.39 is 0 Å². The lowest BCUT2D eigenvalue weighted by molar-refractivity contribution is -0.117. The summed E-state index contributed by atoms with van der Waals surface area (Å²) in [6.07, 6.45) is 11.8. The van der Waals surface area contributed by atoms with Gasteiger partial charge in [0.2, 0.25) is 11.9 Å². The molecule has 1 fully saturated rings. The Morgan fingerprint density at radius 1 is 1.15 bits per heavy atom. The van der Waals surface area contributed by atoms with Gasteiger partial charge in [0.1, 0.15) is 11.7 Å². The van der Waals surface area contributed by atoms with Gasteiger partial charge in [0.25, 0.3) is 0 Å². The molecule has 0 bridgehead atoms. The number of rotatable bonds is 5. The molecule has 0 spiro atoms. The normalized spacial score (nSPS) is 20.1. The van der Waals surface area contributed by atoms with E-state index in [2.05, 4.69) is 45.7 Å². The zero-order valence-electron chi connectivity index (χ0n) is 19.8. The summed E-state index contributed by atoms with van der Waals surface area (Å²) >= 11 is 0. The summed E-state index contributed by atoms with van der Waals surface area (Å²) in [7, 11) is 1.94. The minimum atomic E-state index is 0.191. The van der Waals surface area contributed by atoms with Crippen LogP contribution in [0.25, 0.3) is 0 Å². The van der Waals surface area contributed by atoms with Gasteiger partial charge in [-0.3, -0.25) is 4.79 Å². The van der Waals surface area contributed by atoms with Crippen LogP contribution in [0.1, 0.15) is 44.1 Å². The Kier molecular flexibility index (Phi) is 6.40. The van der Waals surface area contributed by atoms with Crippen LogP contribution < -0.4 is 20.4 Å². The van der Waals surface area contributed by atoms with Gasteiger partial charge in [-0.05, 0) is 62.6 Å². The number of hydrogen-bond acceptors (Lipinski definition) is 7. The zero-order chi connectivity index (χ0) is 23.5. The third-order valence-corrected chi connectivity index (χ3v) is 6.53. The van der Waals surface area contributed by atoms with Crippen LogP contribution in [-0.2, 0) is 4.79 Å². The van der Waals surface area contributed by atoms with Gasteiger partial charge in [0, 0.05) is 49.2 Å². The molecule has 1 amide bonds. The molecule has 176 valence electrons. The topological polar surface area (TPSA) is 85.8 Å². The Morgan fingerprint density at radius 2 is 2.00 bits per heavy atom. The first kappa shape index (κ1) is 22.3. The number of carbonyl (C=O) groups excluding carboxylic acids is 1. The number of hydrogen-bond donors (Lipinski definition) is 2. The Morgan fingerprint density at radius 3 is 2.76 bits per heavy atom. The number of allylic oxidation sites excluding steroid dienone is 2. The van der Waals surface area contributed by atoms with E-state index in [1.165, 1.54) is 0 Å². The number of anilines is 4. The molecule has 4 heterocycles. The third kappa shape index (κ3) is 4.59. The maximum Gasteiger partial charge on any atom is 0.229 e. The van der Waals surface area contributed by atoms with Gasteiger partial charge in [0.15, 0.2) is 0 Å². The van der Waals surface area contributed by atoms with Crippen LogP contribution >= 0.6 is 0 Å². The minimum absolute atomic E-state index is 0.191. The number of nitrogens with one attached hydrogen (secondary N) is 2. The van der Waals surface area contributed by atoms with Crippen molar-refractivity contribution < 1.29 is 4.79 Å². The summed E-state index contributed by atoms with van der Waals surface area (Å²) in [5, 5.41) is 6.53. The first-order valence-corrected chi connectivity index (χ1v) is 12.0. The first-order valence-electron chi connectivity index (χ1n) is 12.0. The highest BCUT2D eigenvalue weighted by Crippen LogP contribution is 2.35. The molecular weight excluding hydrogens is 426 g/mol. The van der Waals surface area contributed by atoms with Crippen molar-refractivity contribution >= 4 is 34.9 Å². The second kappa shape index (κ2) is 9.77. The van der Waals surface area contributed by atoms with Crippen LogP contribution in [0.5, 0.6) is 0 Å². The summed E-state index contributed by atoms with van der Waals surface area (Å²) in [6.45, 7) is 4.61. The SMILES string of the molecule is CNCC1=CCC=CC(N2CCC(C)c3cnc(Nc4ccc(N5CCCC5=O)cc4)nc32)=N1. The monoisotopic (exact) mass is 457 g/mol. The van der Waals surface area contributed by atoms with Gasteiger partial charge in [-0.2, -0.15) is 4.98 Å². The molecule has 2 N–H and O–H groups in total. The molecule has 2 aromatic rings. The highest BCUT2D eigenvalue weighted by molar-refractivity contribution is 6.06. The molecule has 1 aromatic carbocycles. The fourth-order valence-corrected chi connectivity index (χ4v) is 4.64. The van der Waals surface area contributed by atoms with Gasteiger partial charge in [-0.25, -0.2) is 9.98 Å². The van der Waals surface area contributed by atoms with Gasteiger partial charge in [-0.15, -0.1) is 0 Å². The van der Waals surface area contributed by atoms with Crippen molar-refractivity contribution in [3.05, 3.63) is 60.0 Å². The van der Waals surface area contributed by atoms with Crippen molar-refractivity contribution in [3.8, 4) is 0 Å². The maximum atomic E-state index is 12.0. The Hall–Kier alpha value is -3.52. The van der Waals surface area contributed by atoms with Crippen LogP contribution in [0.3, 0.4) is 0 Å². The summed E-state index contributed by atoms with van der Waals surface area (Å²) in [4.78, 5) is 30.5. The molecule has 3 aliphatic heterocycles. The van der Waals surface area contributed by atoms with Crippen molar-refractivity contribution in [2.75, 3.05) is 41.8 Å². The van der Waals surface area contributed by atoms with Crippen LogP contribution in [0, 0.1) is 0 Å². The largest absolute Gasteiger partial charge is 0.324 e. The lowest BCUT2D eigenvalue weighted by Crippen LogP contribution is -2.36. The number of nitrogens with zero attached hydrogens (tertiary/aromatic N) is 5. The van der Waals surface area contributed by atoms with Crippen molar-refractivity contribution in [3.63, 3.8) is 0 Å². The smallest absolute Gasteiger partial charge is 0.229 e. The van der Waals surface area contributed by atoms with E-state index in [4.69, 9.17) is 9.98 Å². The third-order valence-electron chi connectivity index (χ3n) is 6.53. The molecule has 0 radical (unpaired) electrons. The van der Waals surface area contributed by atoms with Crippen molar-refractivity contribution in [1.82, 2.24) is 15.3 Å². The minimum Gasteiger partial charge on any atom is -0.324 e. The number of fused-ring (bicyclic) bond motifs is 1. The van der Waals surface area contributed by atoms with Crippen molar-refractivity contribution in [1.29, 1.82) is 0 Å². The fourth-order valence-electron chi connectivity index (χ4n) is 4.64. The lowest BCUT2D eigenvalue weighted by Gasteiger charge is -2.33. The van der Waals surface area contributed by atoms with Gasteiger partial charge < -0.3 is 20.4 Å². The Labute approximate surface area is 200 Å². The zero-order valence-corrected chi connectivity index (χ0v) is 19.8. The molecule has 1 saturated heterocycles. The van der Waals surface area contributed by atoms with Crippen molar-refractivity contribution in [2.45, 2.75) is 38.5 Å². The molecule has 8 heteroatoms. The average Bonchev–Trinajstić information content (AvgIpc) is 3.14. The molecule has 3 aliphatic rings. The number of amidine groups is 1. The number of likely N-dealkylation sites (N-methyl/N-ethyl adjacent to an activating group) is 1. The number of aromatic nitrogens is 2. The van der Waals surface area contributed by atoms with Crippen molar-refractivity contribution in [2.24, 2.45) is 4.99 Å². The predicted molar refractivity (Wildman–Crippen MR) is 137 cm³/mol. The molecule has 5 rings (SSSR count). The fraction of sp³-hybridized carbons (Fsp3) is 0.385. The van der Waals surface area contributed by atoms with Gasteiger partial charge >= 0.3 is 0 Å². The van der Waals surface area contributed by atoms with E-state index in [9.17, 15) is 4.79 Å². The number of benzene rings is 1. The van der Waals surface area contributed by atoms with E-state index in [-0.39, 0.29) is 5.91 Å². The van der Waals surface area contributed by atoms with Crippen LogP contribution in [0.2, 0.25) is 0 Å². The van der Waals surface area contributed by atoms with E-state index in [0.717, 1.165) is 73.2 Å². The predicted octanol–water partition coefficient (Wildman–Crippen LogP) is 4.12. The Balaban J connectivity index is 1.40. The lowest BCUT2D eigenvalue weighted by atomic mass is 9.95. The second-order valence-electron chi connectivity index (χ2n) is 8.97. The molecule has 34 heavy (non-hydrogen) atoms. The highest BCUT2D eigenvalue weighted by Gasteiger charge is 2.27. The molecule has 1 unspecified atom stereocenters. The summed E-state index contributed by atoms with van der Waals surface area (Å²) < 4.78 is 0. The van der Waals surface area contributed by atoms with E-state index >= 15 is 0 Å². The number of aliphatic imine (C=N–C) groups is 1. The second-order valence-corrected chi connectivity index (χ2v) is 8.97. The molecule has 0 saturated carbocycles. The van der Waals surface area contributed by atoms with Crippen LogP contribution in [-0.4, -0.2) is 48.4 Å². The number of amides is 1. The quantitative estimate of drug-likeness (QED) is 0.703.